The van der Waals surface area contributed by atoms with Crippen molar-refractivity contribution in [3.05, 3.63) is 0 Å². The summed E-state index contributed by atoms with van der Waals surface area (Å²) in [6, 6.07) is 0. The molecule has 1 N–H and O–H groups in total. The Labute approximate surface area is 124 Å². The lowest BCUT2D eigenvalue weighted by molar-refractivity contribution is -0.0115. The first-order valence-electron chi connectivity index (χ1n) is 7.78. The van der Waals surface area contributed by atoms with Gasteiger partial charge in [0.2, 0.25) is 0 Å². The number of unbranched alkanes of at least 4 members (excludes halogenated alkanes) is 2. The third kappa shape index (κ3) is 15.9. The minimum absolute atomic E-state index is 0.234. The van der Waals surface area contributed by atoms with E-state index >= 15 is 0 Å². The van der Waals surface area contributed by atoms with Crippen LogP contribution in [0.2, 0.25) is 0 Å². The molecule has 20 heavy (non-hydrogen) atoms. The normalized spacial score (nSPS) is 12.8. The van der Waals surface area contributed by atoms with Crippen LogP contribution >= 0.6 is 0 Å². The number of nitrogens with one attached hydrogen (secondary N) is 1. The van der Waals surface area contributed by atoms with E-state index in [0.29, 0.717) is 39.6 Å². The molecule has 0 aliphatic carbocycles. The van der Waals surface area contributed by atoms with Crippen molar-refractivity contribution in [3.63, 3.8) is 0 Å². The lowest BCUT2D eigenvalue weighted by Gasteiger charge is -2.14. The highest BCUT2D eigenvalue weighted by Crippen LogP contribution is 1.93. The van der Waals surface area contributed by atoms with Gasteiger partial charge in [0.25, 0.3) is 0 Å². The average Bonchev–Trinajstić information content (AvgIpc) is 2.45. The first-order valence-corrected chi connectivity index (χ1v) is 7.78. The molecule has 0 aromatic rings. The molecule has 0 aliphatic rings. The van der Waals surface area contributed by atoms with E-state index in [0.717, 1.165) is 13.1 Å². The highest BCUT2D eigenvalue weighted by Gasteiger charge is 2.01. The van der Waals surface area contributed by atoms with Gasteiger partial charge in [-0.15, -0.1) is 0 Å². The second kappa shape index (κ2) is 16.9. The van der Waals surface area contributed by atoms with Crippen LogP contribution in [0.15, 0.2) is 0 Å². The second-order valence-electron chi connectivity index (χ2n) is 4.81. The van der Waals surface area contributed by atoms with E-state index in [4.69, 9.17) is 18.9 Å². The quantitative estimate of drug-likeness (QED) is 0.440. The number of ether oxygens (including phenoxy) is 4. The highest BCUT2D eigenvalue weighted by atomic mass is 16.6. The molecular formula is C15H33NO4. The van der Waals surface area contributed by atoms with Crippen molar-refractivity contribution >= 4 is 0 Å². The lowest BCUT2D eigenvalue weighted by atomic mass is 10.2. The van der Waals surface area contributed by atoms with Gasteiger partial charge in [0.1, 0.15) is 0 Å². The summed E-state index contributed by atoms with van der Waals surface area (Å²) in [5.41, 5.74) is 0. The summed E-state index contributed by atoms with van der Waals surface area (Å²) < 4.78 is 21.2. The Morgan fingerprint density at radius 2 is 1.55 bits per heavy atom. The monoisotopic (exact) mass is 291 g/mol. The van der Waals surface area contributed by atoms with Crippen LogP contribution in [0.4, 0.5) is 0 Å². The summed E-state index contributed by atoms with van der Waals surface area (Å²) in [6.45, 7) is 10.0. The number of rotatable bonds is 16. The maximum atomic E-state index is 5.65. The van der Waals surface area contributed by atoms with Crippen LogP contribution in [-0.2, 0) is 18.9 Å². The summed E-state index contributed by atoms with van der Waals surface area (Å²) in [6.07, 6.45) is 4.04. The molecule has 0 aromatic carbocycles. The van der Waals surface area contributed by atoms with Crippen molar-refractivity contribution < 1.29 is 18.9 Å². The Bertz CT molecular complexity index is 181. The standard InChI is InChI=1S/C15H33NO4/c1-4-5-6-7-16-14-15(2)20-13-12-19-11-10-18-9-8-17-3/h15-16H,4-14H2,1-3H3. The van der Waals surface area contributed by atoms with Crippen molar-refractivity contribution in [1.82, 2.24) is 5.32 Å². The molecule has 0 aliphatic heterocycles. The molecule has 0 spiro atoms. The Morgan fingerprint density at radius 3 is 2.20 bits per heavy atom. The molecule has 0 radical (unpaired) electrons. The molecule has 0 saturated heterocycles. The van der Waals surface area contributed by atoms with E-state index in [1.165, 1.54) is 19.3 Å². The first kappa shape index (κ1) is 19.8. The Morgan fingerprint density at radius 1 is 0.900 bits per heavy atom. The van der Waals surface area contributed by atoms with Crippen LogP contribution in [0.3, 0.4) is 0 Å². The van der Waals surface area contributed by atoms with Crippen LogP contribution in [0, 0.1) is 0 Å². The van der Waals surface area contributed by atoms with Gasteiger partial charge in [-0.2, -0.15) is 0 Å². The fraction of sp³-hybridized carbons (Fsp3) is 1.00. The van der Waals surface area contributed by atoms with Crippen LogP contribution in [0.1, 0.15) is 33.1 Å². The molecule has 122 valence electrons. The van der Waals surface area contributed by atoms with Gasteiger partial charge in [0.15, 0.2) is 0 Å². The Balaban J connectivity index is 3.09. The molecule has 0 rings (SSSR count). The summed E-state index contributed by atoms with van der Waals surface area (Å²) in [4.78, 5) is 0. The van der Waals surface area contributed by atoms with E-state index in [-0.39, 0.29) is 6.10 Å². The summed E-state index contributed by atoms with van der Waals surface area (Å²) in [5.74, 6) is 0. The van der Waals surface area contributed by atoms with E-state index in [1.807, 2.05) is 0 Å². The van der Waals surface area contributed by atoms with Gasteiger partial charge < -0.3 is 24.3 Å². The predicted molar refractivity (Wildman–Crippen MR) is 81.3 cm³/mol. The molecule has 5 nitrogen and oxygen atoms in total. The third-order valence-electron chi connectivity index (χ3n) is 2.82. The van der Waals surface area contributed by atoms with Crippen LogP contribution in [0.5, 0.6) is 0 Å². The predicted octanol–water partition coefficient (Wildman–Crippen LogP) is 1.85. The maximum Gasteiger partial charge on any atom is 0.0704 e. The van der Waals surface area contributed by atoms with Crippen LogP contribution in [-0.4, -0.2) is 65.9 Å². The summed E-state index contributed by atoms with van der Waals surface area (Å²) >= 11 is 0. The zero-order valence-corrected chi connectivity index (χ0v) is 13.5. The minimum atomic E-state index is 0.234. The molecule has 1 atom stereocenters. The van der Waals surface area contributed by atoms with E-state index in [2.05, 4.69) is 19.2 Å². The van der Waals surface area contributed by atoms with Crippen molar-refractivity contribution in [2.45, 2.75) is 39.2 Å². The smallest absolute Gasteiger partial charge is 0.0704 e. The molecular weight excluding hydrogens is 258 g/mol. The molecule has 0 amide bonds. The maximum absolute atomic E-state index is 5.65. The highest BCUT2D eigenvalue weighted by molar-refractivity contribution is 4.55. The lowest BCUT2D eigenvalue weighted by Crippen LogP contribution is -2.28. The van der Waals surface area contributed by atoms with Crippen LogP contribution < -0.4 is 5.32 Å². The fourth-order valence-electron chi connectivity index (χ4n) is 1.64. The third-order valence-corrected chi connectivity index (χ3v) is 2.82. The summed E-state index contributed by atoms with van der Waals surface area (Å²) in [5, 5.41) is 3.40. The molecule has 0 fully saturated rings. The molecule has 0 bridgehead atoms. The second-order valence-corrected chi connectivity index (χ2v) is 4.81. The topological polar surface area (TPSA) is 49.0 Å². The zero-order chi connectivity index (χ0) is 14.9. The Kier molecular flexibility index (Phi) is 16.7. The number of methoxy groups -OCH3 is 1. The summed E-state index contributed by atoms with van der Waals surface area (Å²) in [7, 11) is 1.66. The molecule has 1 unspecified atom stereocenters. The van der Waals surface area contributed by atoms with E-state index < -0.39 is 0 Å². The Hall–Kier alpha value is -0.200. The minimum Gasteiger partial charge on any atom is -0.382 e. The molecule has 0 aromatic heterocycles. The van der Waals surface area contributed by atoms with Gasteiger partial charge in [0, 0.05) is 13.7 Å². The largest absolute Gasteiger partial charge is 0.382 e. The van der Waals surface area contributed by atoms with Crippen molar-refractivity contribution in [2.24, 2.45) is 0 Å². The first-order chi connectivity index (χ1) is 9.81. The van der Waals surface area contributed by atoms with Gasteiger partial charge in [0.05, 0.1) is 45.7 Å². The average molecular weight is 291 g/mol. The number of hydrogen-bond donors (Lipinski definition) is 1. The van der Waals surface area contributed by atoms with Gasteiger partial charge in [-0.05, 0) is 19.9 Å². The van der Waals surface area contributed by atoms with Gasteiger partial charge >= 0.3 is 0 Å². The van der Waals surface area contributed by atoms with Gasteiger partial charge in [-0.1, -0.05) is 19.8 Å². The van der Waals surface area contributed by atoms with E-state index in [9.17, 15) is 0 Å². The van der Waals surface area contributed by atoms with Gasteiger partial charge in [-0.3, -0.25) is 0 Å². The van der Waals surface area contributed by atoms with Gasteiger partial charge in [-0.25, -0.2) is 0 Å². The fourth-order valence-corrected chi connectivity index (χ4v) is 1.64. The van der Waals surface area contributed by atoms with E-state index in [1.54, 1.807) is 7.11 Å². The van der Waals surface area contributed by atoms with Crippen molar-refractivity contribution in [1.29, 1.82) is 0 Å². The SMILES string of the molecule is CCCCCNCC(C)OCCOCCOCCOC. The molecule has 0 saturated carbocycles. The molecule has 0 heterocycles. The molecule has 5 heteroatoms. The zero-order valence-electron chi connectivity index (χ0n) is 13.5. The van der Waals surface area contributed by atoms with Crippen molar-refractivity contribution in [3.8, 4) is 0 Å². The van der Waals surface area contributed by atoms with Crippen LogP contribution in [0.25, 0.3) is 0 Å². The number of hydrogen-bond acceptors (Lipinski definition) is 5. The van der Waals surface area contributed by atoms with Crippen molar-refractivity contribution in [2.75, 3.05) is 59.8 Å².